The van der Waals surface area contributed by atoms with Gasteiger partial charge in [-0.2, -0.15) is 0 Å². The molecule has 1 heterocycles. The van der Waals surface area contributed by atoms with Gasteiger partial charge in [0, 0.05) is 19.1 Å². The van der Waals surface area contributed by atoms with Crippen molar-refractivity contribution in [3.05, 3.63) is 47.3 Å². The molecular weight excluding hydrogens is 262 g/mol. The normalized spacial score (nSPS) is 27.6. The second-order valence-corrected chi connectivity index (χ2v) is 6.25. The molecule has 2 unspecified atom stereocenters. The minimum Gasteiger partial charge on any atom is -0.620 e. The van der Waals surface area contributed by atoms with Crippen LogP contribution in [0.15, 0.2) is 36.5 Å². The van der Waals surface area contributed by atoms with Gasteiger partial charge in [-0.25, -0.2) is 0 Å². The van der Waals surface area contributed by atoms with E-state index < -0.39 is 10.4 Å². The maximum Gasteiger partial charge on any atom is 0.231 e. The number of nitrogens with zero attached hydrogens (tertiary/aromatic N) is 1. The largest absolute Gasteiger partial charge is 0.620 e. The van der Waals surface area contributed by atoms with Crippen LogP contribution in [0.2, 0.25) is 0 Å². The molecule has 0 spiro atoms. The first kappa shape index (κ1) is 16.2. The van der Waals surface area contributed by atoms with Crippen LogP contribution < -0.4 is 4.65 Å². The van der Waals surface area contributed by atoms with Gasteiger partial charge in [-0.15, -0.1) is 0 Å². The smallest absolute Gasteiger partial charge is 0.231 e. The Bertz CT molecular complexity index is 478. The standard InChI is InChI=1S/C18H27NO2/c1-3-4-5-6-7-8-9-16-10-12-17(13-11-16)19(21)15-14-18(19,2)20/h10-15,20H,3-9H2,1-2H3. The number of unbranched alkanes of at least 4 members (excludes halogenated alkanes) is 5. The second-order valence-electron chi connectivity index (χ2n) is 6.25. The zero-order chi connectivity index (χ0) is 15.3. The SMILES string of the molecule is CCCCCCCCc1ccc([N+]2([O-])C=CC2(C)O)cc1. The molecule has 2 atom stereocenters. The lowest BCUT2D eigenvalue weighted by Crippen LogP contribution is -2.61. The summed E-state index contributed by atoms with van der Waals surface area (Å²) in [5.74, 6) is 0. The van der Waals surface area contributed by atoms with Gasteiger partial charge in [0.1, 0.15) is 11.9 Å². The van der Waals surface area contributed by atoms with Gasteiger partial charge in [0.05, 0.1) is 6.08 Å². The van der Waals surface area contributed by atoms with Crippen LogP contribution in [0.5, 0.6) is 0 Å². The maximum atomic E-state index is 12.5. The van der Waals surface area contributed by atoms with Gasteiger partial charge in [0.15, 0.2) is 0 Å². The van der Waals surface area contributed by atoms with Crippen LogP contribution in [0, 0.1) is 5.21 Å². The number of aryl methyl sites for hydroxylation is 1. The Kier molecular flexibility index (Phi) is 5.20. The molecule has 0 fully saturated rings. The molecule has 3 heteroatoms. The summed E-state index contributed by atoms with van der Waals surface area (Å²) >= 11 is 0. The lowest BCUT2D eigenvalue weighted by atomic mass is 10.0. The first-order chi connectivity index (χ1) is 9.99. The predicted molar refractivity (Wildman–Crippen MR) is 88.4 cm³/mol. The topological polar surface area (TPSA) is 43.3 Å². The molecule has 0 bridgehead atoms. The Morgan fingerprint density at radius 1 is 1.05 bits per heavy atom. The van der Waals surface area contributed by atoms with E-state index in [2.05, 4.69) is 6.92 Å². The summed E-state index contributed by atoms with van der Waals surface area (Å²) in [6.07, 6.45) is 11.9. The second kappa shape index (κ2) is 6.73. The minimum atomic E-state index is -1.33. The summed E-state index contributed by atoms with van der Waals surface area (Å²) in [6, 6.07) is 7.72. The molecule has 1 N–H and O–H groups in total. The fraction of sp³-hybridized carbons (Fsp3) is 0.556. The van der Waals surface area contributed by atoms with Crippen molar-refractivity contribution in [1.82, 2.24) is 4.65 Å². The van der Waals surface area contributed by atoms with Gasteiger partial charge < -0.3 is 10.3 Å². The van der Waals surface area contributed by atoms with E-state index in [0.717, 1.165) is 6.42 Å². The van der Waals surface area contributed by atoms with Gasteiger partial charge >= 0.3 is 0 Å². The van der Waals surface area contributed by atoms with E-state index in [0.29, 0.717) is 5.69 Å². The van der Waals surface area contributed by atoms with Gasteiger partial charge in [0.2, 0.25) is 5.72 Å². The average Bonchev–Trinajstić information content (AvgIpc) is 2.49. The third-order valence-corrected chi connectivity index (χ3v) is 4.41. The van der Waals surface area contributed by atoms with E-state index in [1.807, 2.05) is 24.3 Å². The molecule has 0 saturated carbocycles. The Labute approximate surface area is 128 Å². The van der Waals surface area contributed by atoms with Crippen LogP contribution in [-0.2, 0) is 6.42 Å². The molecule has 1 aliphatic heterocycles. The molecule has 0 radical (unpaired) electrons. The van der Waals surface area contributed by atoms with Crippen LogP contribution in [0.3, 0.4) is 0 Å². The first-order valence-corrected chi connectivity index (χ1v) is 8.12. The van der Waals surface area contributed by atoms with E-state index >= 15 is 0 Å². The molecule has 2 rings (SSSR count). The van der Waals surface area contributed by atoms with Crippen LogP contribution in [-0.4, -0.2) is 10.8 Å². The molecule has 0 aromatic heterocycles. The fourth-order valence-electron chi connectivity index (χ4n) is 2.77. The zero-order valence-corrected chi connectivity index (χ0v) is 13.2. The third-order valence-electron chi connectivity index (χ3n) is 4.41. The number of hydrogen-bond acceptors (Lipinski definition) is 2. The highest BCUT2D eigenvalue weighted by molar-refractivity contribution is 5.53. The number of hydrogen-bond donors (Lipinski definition) is 1. The third kappa shape index (κ3) is 3.54. The highest BCUT2D eigenvalue weighted by Gasteiger charge is 2.45. The van der Waals surface area contributed by atoms with Crippen molar-refractivity contribution in [2.24, 2.45) is 0 Å². The fourth-order valence-corrected chi connectivity index (χ4v) is 2.77. The van der Waals surface area contributed by atoms with Crippen molar-refractivity contribution in [3.63, 3.8) is 0 Å². The molecule has 21 heavy (non-hydrogen) atoms. The molecular formula is C18H27NO2. The van der Waals surface area contributed by atoms with E-state index in [9.17, 15) is 10.3 Å². The van der Waals surface area contributed by atoms with E-state index in [1.165, 1.54) is 50.3 Å². The summed E-state index contributed by atoms with van der Waals surface area (Å²) in [5, 5.41) is 22.5. The lowest BCUT2D eigenvalue weighted by Gasteiger charge is -2.52. The molecule has 116 valence electrons. The maximum absolute atomic E-state index is 12.5. The summed E-state index contributed by atoms with van der Waals surface area (Å²) in [5.41, 5.74) is 0.528. The highest BCUT2D eigenvalue weighted by atomic mass is 16.6. The van der Waals surface area contributed by atoms with Gasteiger partial charge in [0.25, 0.3) is 0 Å². The number of benzene rings is 1. The van der Waals surface area contributed by atoms with Crippen molar-refractivity contribution >= 4 is 5.69 Å². The van der Waals surface area contributed by atoms with Crippen LogP contribution in [0.25, 0.3) is 0 Å². The molecule has 1 aliphatic rings. The molecule has 1 aromatic rings. The lowest BCUT2D eigenvalue weighted by molar-refractivity contribution is -0.0171. The summed E-state index contributed by atoms with van der Waals surface area (Å²) in [4.78, 5) is 0. The summed E-state index contributed by atoms with van der Waals surface area (Å²) in [7, 11) is 0. The van der Waals surface area contributed by atoms with E-state index in [4.69, 9.17) is 0 Å². The first-order valence-electron chi connectivity index (χ1n) is 8.12. The van der Waals surface area contributed by atoms with Crippen LogP contribution in [0.1, 0.15) is 57.9 Å². The van der Waals surface area contributed by atoms with Gasteiger partial charge in [-0.3, -0.25) is 4.65 Å². The molecule has 0 saturated heterocycles. The van der Waals surface area contributed by atoms with Crippen molar-refractivity contribution in [1.29, 1.82) is 0 Å². The van der Waals surface area contributed by atoms with Crippen LogP contribution in [0.4, 0.5) is 5.69 Å². The number of quaternary nitrogens is 1. The monoisotopic (exact) mass is 289 g/mol. The number of aliphatic hydroxyl groups is 1. The Morgan fingerprint density at radius 3 is 2.19 bits per heavy atom. The zero-order valence-electron chi connectivity index (χ0n) is 13.2. The highest BCUT2D eigenvalue weighted by Crippen LogP contribution is 2.39. The minimum absolute atomic E-state index is 0.592. The number of hydroxylamine groups is 2. The average molecular weight is 289 g/mol. The Hall–Kier alpha value is -1.16. The van der Waals surface area contributed by atoms with E-state index in [-0.39, 0.29) is 0 Å². The van der Waals surface area contributed by atoms with E-state index in [1.54, 1.807) is 13.0 Å². The van der Waals surface area contributed by atoms with Crippen molar-refractivity contribution in [3.8, 4) is 0 Å². The Balaban J connectivity index is 1.82. The number of rotatable bonds is 8. The predicted octanol–water partition coefficient (Wildman–Crippen LogP) is 4.63. The molecule has 1 aromatic carbocycles. The van der Waals surface area contributed by atoms with Gasteiger partial charge in [-0.1, -0.05) is 51.2 Å². The molecule has 0 amide bonds. The quantitative estimate of drug-likeness (QED) is 0.431. The summed E-state index contributed by atoms with van der Waals surface area (Å²) in [6.45, 7) is 3.78. The summed E-state index contributed by atoms with van der Waals surface area (Å²) < 4.78 is -0.774. The Morgan fingerprint density at radius 2 is 1.67 bits per heavy atom. The molecule has 3 nitrogen and oxygen atoms in total. The van der Waals surface area contributed by atoms with Crippen molar-refractivity contribution < 1.29 is 5.11 Å². The van der Waals surface area contributed by atoms with Gasteiger partial charge in [-0.05, 0) is 18.4 Å². The van der Waals surface area contributed by atoms with Crippen molar-refractivity contribution in [2.45, 2.75) is 64.5 Å². The van der Waals surface area contributed by atoms with Crippen molar-refractivity contribution in [2.75, 3.05) is 0 Å². The molecule has 0 aliphatic carbocycles. The van der Waals surface area contributed by atoms with Crippen LogP contribution >= 0.6 is 0 Å².